The highest BCUT2D eigenvalue weighted by Crippen LogP contribution is 2.41. The number of ether oxygens (including phenoxy) is 2. The molecule has 3 aliphatic rings. The molecule has 7 nitrogen and oxygen atoms in total. The van der Waals surface area contributed by atoms with Gasteiger partial charge in [0.05, 0.1) is 13.3 Å². The highest BCUT2D eigenvalue weighted by molar-refractivity contribution is 5.78. The van der Waals surface area contributed by atoms with Crippen LogP contribution in [0.4, 0.5) is 10.2 Å². The molecular formula is C25H26FN5O2. The van der Waals surface area contributed by atoms with Gasteiger partial charge in [-0.15, -0.1) is 5.10 Å². The summed E-state index contributed by atoms with van der Waals surface area (Å²) in [5.74, 6) is 1.48. The molecule has 33 heavy (non-hydrogen) atoms. The van der Waals surface area contributed by atoms with Gasteiger partial charge in [0.1, 0.15) is 18.2 Å². The third kappa shape index (κ3) is 3.49. The number of rotatable bonds is 4. The fourth-order valence-corrected chi connectivity index (χ4v) is 5.44. The van der Waals surface area contributed by atoms with Crippen molar-refractivity contribution < 1.29 is 13.9 Å². The first-order valence-electron chi connectivity index (χ1n) is 11.4. The predicted molar refractivity (Wildman–Crippen MR) is 123 cm³/mol. The number of halogens is 1. The van der Waals surface area contributed by atoms with E-state index >= 15 is 4.39 Å². The van der Waals surface area contributed by atoms with E-state index in [4.69, 9.17) is 14.5 Å². The number of aromatic nitrogens is 3. The van der Waals surface area contributed by atoms with Gasteiger partial charge in [-0.05, 0) is 43.4 Å². The van der Waals surface area contributed by atoms with Gasteiger partial charge in [0.15, 0.2) is 0 Å². The topological polar surface area (TPSA) is 72.4 Å². The number of pyridine rings is 1. The molecule has 2 saturated heterocycles. The second-order valence-electron chi connectivity index (χ2n) is 9.12. The van der Waals surface area contributed by atoms with Crippen LogP contribution in [0.3, 0.4) is 0 Å². The number of anilines is 1. The second-order valence-corrected chi connectivity index (χ2v) is 9.12. The highest BCUT2D eigenvalue weighted by Gasteiger charge is 2.36. The summed E-state index contributed by atoms with van der Waals surface area (Å²) in [6.45, 7) is 0.134. The van der Waals surface area contributed by atoms with Crippen LogP contribution in [-0.2, 0) is 6.61 Å². The summed E-state index contributed by atoms with van der Waals surface area (Å²) in [7, 11) is 3.62. The summed E-state index contributed by atoms with van der Waals surface area (Å²) >= 11 is 0. The van der Waals surface area contributed by atoms with Crippen LogP contribution in [0.5, 0.6) is 11.8 Å². The summed E-state index contributed by atoms with van der Waals surface area (Å²) in [4.78, 5) is 7.09. The molecule has 3 aromatic rings. The Morgan fingerprint density at radius 1 is 1.09 bits per heavy atom. The molecule has 1 aromatic carbocycles. The molecule has 0 saturated carbocycles. The molecule has 5 heterocycles. The number of methoxy groups -OCH3 is 1. The van der Waals surface area contributed by atoms with E-state index in [2.05, 4.69) is 27.5 Å². The van der Waals surface area contributed by atoms with Crippen molar-refractivity contribution >= 4 is 5.82 Å². The standard InChI is InChI=1S/C25H26FN5O2/c1-31(17-10-15-3-4-16(11-17)28-15)22-8-7-20-19-6-5-18(14-9-23(32-2)30-27-12-14)24(26)21(19)13-33-25(20)29-22/h5-9,12,15-17,28H,3-4,10-11,13H2,1-2H3/t15-,16+,17?. The van der Waals surface area contributed by atoms with Crippen molar-refractivity contribution in [2.45, 2.75) is 50.4 Å². The Morgan fingerprint density at radius 2 is 1.85 bits per heavy atom. The Kier molecular flexibility index (Phi) is 4.90. The number of fused-ring (bicyclic) bond motifs is 5. The molecule has 1 unspecified atom stereocenters. The number of nitrogens with zero attached hydrogens (tertiary/aromatic N) is 4. The fraction of sp³-hybridized carbons (Fsp3) is 0.400. The van der Waals surface area contributed by atoms with Gasteiger partial charge in [0.2, 0.25) is 11.8 Å². The molecule has 0 spiro atoms. The van der Waals surface area contributed by atoms with Crippen LogP contribution in [0, 0.1) is 5.82 Å². The molecular weight excluding hydrogens is 421 g/mol. The maximum absolute atomic E-state index is 15.5. The van der Waals surface area contributed by atoms with Gasteiger partial charge in [-0.2, -0.15) is 10.1 Å². The fourth-order valence-electron chi connectivity index (χ4n) is 5.44. The lowest BCUT2D eigenvalue weighted by Crippen LogP contribution is -2.47. The van der Waals surface area contributed by atoms with E-state index in [1.165, 1.54) is 26.1 Å². The number of hydrogen-bond acceptors (Lipinski definition) is 7. The van der Waals surface area contributed by atoms with Crippen LogP contribution in [0.2, 0.25) is 0 Å². The van der Waals surface area contributed by atoms with E-state index in [-0.39, 0.29) is 12.4 Å². The Bertz CT molecular complexity index is 1210. The van der Waals surface area contributed by atoms with Gasteiger partial charge in [-0.25, -0.2) is 4.39 Å². The van der Waals surface area contributed by atoms with E-state index in [0.29, 0.717) is 46.6 Å². The van der Waals surface area contributed by atoms with Crippen LogP contribution in [0.1, 0.15) is 31.2 Å². The van der Waals surface area contributed by atoms with Crippen LogP contribution in [-0.4, -0.2) is 47.5 Å². The van der Waals surface area contributed by atoms with Crippen molar-refractivity contribution in [3.05, 3.63) is 47.9 Å². The van der Waals surface area contributed by atoms with Crippen molar-refractivity contribution in [3.63, 3.8) is 0 Å². The van der Waals surface area contributed by atoms with Crippen LogP contribution < -0.4 is 19.7 Å². The first-order valence-corrected chi connectivity index (χ1v) is 11.4. The van der Waals surface area contributed by atoms with Crippen LogP contribution in [0.25, 0.3) is 22.3 Å². The maximum Gasteiger partial charge on any atom is 0.233 e. The Morgan fingerprint density at radius 3 is 2.64 bits per heavy atom. The van der Waals surface area contributed by atoms with E-state index in [9.17, 15) is 0 Å². The Labute approximate surface area is 192 Å². The number of piperidine rings is 1. The molecule has 1 N–H and O–H groups in total. The molecule has 3 atom stereocenters. The minimum absolute atomic E-state index is 0.134. The van der Waals surface area contributed by atoms with E-state index in [1.54, 1.807) is 12.1 Å². The number of nitrogens with one attached hydrogen (secondary N) is 1. The second kappa shape index (κ2) is 7.95. The third-order valence-electron chi connectivity index (χ3n) is 7.24. The lowest BCUT2D eigenvalue weighted by Gasteiger charge is -2.36. The summed E-state index contributed by atoms with van der Waals surface area (Å²) < 4.78 is 26.6. The van der Waals surface area contributed by atoms with Crippen molar-refractivity contribution in [3.8, 4) is 34.0 Å². The molecule has 0 radical (unpaired) electrons. The van der Waals surface area contributed by atoms with Gasteiger partial charge < -0.3 is 19.7 Å². The SMILES string of the molecule is COc1cc(-c2ccc3c(c2F)COc2nc(N(C)C4C[C@H]5CC[C@@H](C4)N5)ccc2-3)cnn1. The number of hydrogen-bond donors (Lipinski definition) is 1. The first kappa shape index (κ1) is 20.4. The molecule has 2 aromatic heterocycles. The Balaban J connectivity index is 1.31. The van der Waals surface area contributed by atoms with E-state index in [0.717, 1.165) is 29.8 Å². The van der Waals surface area contributed by atoms with E-state index < -0.39 is 0 Å². The normalized spacial score (nSPS) is 22.8. The molecule has 3 aliphatic heterocycles. The lowest BCUT2D eigenvalue weighted by molar-refractivity contribution is 0.283. The first-order chi connectivity index (χ1) is 16.1. The average Bonchev–Trinajstić information content (AvgIpc) is 3.20. The van der Waals surface area contributed by atoms with Crippen LogP contribution >= 0.6 is 0 Å². The van der Waals surface area contributed by atoms with Gasteiger partial charge in [-0.1, -0.05) is 12.1 Å². The summed E-state index contributed by atoms with van der Waals surface area (Å²) in [5.41, 5.74) is 3.20. The minimum Gasteiger partial charge on any atom is -0.480 e. The molecule has 6 rings (SSSR count). The largest absolute Gasteiger partial charge is 0.480 e. The monoisotopic (exact) mass is 447 g/mol. The van der Waals surface area contributed by atoms with Crippen molar-refractivity contribution in [2.24, 2.45) is 0 Å². The molecule has 2 bridgehead atoms. The Hall–Kier alpha value is -3.26. The summed E-state index contributed by atoms with van der Waals surface area (Å²) in [5, 5.41) is 11.5. The maximum atomic E-state index is 15.5. The zero-order chi connectivity index (χ0) is 22.5. The van der Waals surface area contributed by atoms with Crippen molar-refractivity contribution in [1.29, 1.82) is 0 Å². The predicted octanol–water partition coefficient (Wildman–Crippen LogP) is 3.96. The van der Waals surface area contributed by atoms with Gasteiger partial charge >= 0.3 is 0 Å². The van der Waals surface area contributed by atoms with Gasteiger partial charge in [0.25, 0.3) is 0 Å². The van der Waals surface area contributed by atoms with Gasteiger partial charge in [-0.3, -0.25) is 0 Å². The molecule has 2 fully saturated rings. The quantitative estimate of drug-likeness (QED) is 0.649. The van der Waals surface area contributed by atoms with Crippen LogP contribution in [0.15, 0.2) is 36.5 Å². The summed E-state index contributed by atoms with van der Waals surface area (Å²) in [6.07, 6.45) is 6.34. The third-order valence-corrected chi connectivity index (χ3v) is 7.24. The molecule has 170 valence electrons. The number of benzene rings is 1. The summed E-state index contributed by atoms with van der Waals surface area (Å²) in [6, 6.07) is 11.1. The average molecular weight is 448 g/mol. The van der Waals surface area contributed by atoms with Crippen molar-refractivity contribution in [1.82, 2.24) is 20.5 Å². The molecule has 8 heteroatoms. The lowest BCUT2D eigenvalue weighted by atomic mass is 9.94. The van der Waals surface area contributed by atoms with Crippen molar-refractivity contribution in [2.75, 3.05) is 19.1 Å². The molecule has 0 aliphatic carbocycles. The zero-order valence-corrected chi connectivity index (χ0v) is 18.7. The van der Waals surface area contributed by atoms with Gasteiger partial charge in [0, 0.05) is 53.5 Å². The molecule has 0 amide bonds. The smallest absolute Gasteiger partial charge is 0.233 e. The highest BCUT2D eigenvalue weighted by atomic mass is 19.1. The zero-order valence-electron chi connectivity index (χ0n) is 18.7. The minimum atomic E-state index is -0.320. The van der Waals surface area contributed by atoms with E-state index in [1.807, 2.05) is 18.2 Å².